The monoisotopic (exact) mass is 330 g/mol. The van der Waals surface area contributed by atoms with Crippen LogP contribution in [0.4, 0.5) is 0 Å². The van der Waals surface area contributed by atoms with Crippen LogP contribution in [0.2, 0.25) is 0 Å². The van der Waals surface area contributed by atoms with Gasteiger partial charge in [0.1, 0.15) is 0 Å². The second kappa shape index (κ2) is 6.19. The van der Waals surface area contributed by atoms with E-state index in [1.807, 2.05) is 0 Å². The van der Waals surface area contributed by atoms with Crippen LogP contribution in [0, 0.1) is 0 Å². The third-order valence-electron chi connectivity index (χ3n) is 4.71. The number of nitrogens with zero attached hydrogens (tertiary/aromatic N) is 2. The summed E-state index contributed by atoms with van der Waals surface area (Å²) in [6, 6.07) is 2.99. The average molecular weight is 330 g/mol. The second-order valence-electron chi connectivity index (χ2n) is 6.33. The van der Waals surface area contributed by atoms with Gasteiger partial charge in [0.15, 0.2) is 0 Å². The molecule has 2 amide bonds. The molecule has 0 radical (unpaired) electrons. The van der Waals surface area contributed by atoms with Gasteiger partial charge >= 0.3 is 0 Å². The number of amides is 2. The van der Waals surface area contributed by atoms with Crippen molar-refractivity contribution in [1.82, 2.24) is 9.47 Å². The van der Waals surface area contributed by atoms with E-state index in [4.69, 9.17) is 0 Å². The van der Waals surface area contributed by atoms with Gasteiger partial charge in [-0.2, -0.15) is 0 Å². The minimum atomic E-state index is -0.324. The fourth-order valence-electron chi connectivity index (χ4n) is 3.24. The van der Waals surface area contributed by atoms with Crippen molar-refractivity contribution in [3.05, 3.63) is 23.3 Å². The zero-order chi connectivity index (χ0) is 17.4. The van der Waals surface area contributed by atoms with Crippen molar-refractivity contribution in [2.24, 2.45) is 7.05 Å². The van der Waals surface area contributed by atoms with Crippen LogP contribution in [0.5, 0.6) is 11.8 Å². The third-order valence-corrected chi connectivity index (χ3v) is 4.71. The Morgan fingerprint density at radius 3 is 1.88 bits per heavy atom. The van der Waals surface area contributed by atoms with E-state index < -0.39 is 0 Å². The topological polar surface area (TPSA) is 82.8 Å². The highest BCUT2D eigenvalue weighted by atomic mass is 16.3. The van der Waals surface area contributed by atoms with E-state index in [2.05, 4.69) is 6.92 Å². The van der Waals surface area contributed by atoms with E-state index in [1.165, 1.54) is 28.6 Å². The Morgan fingerprint density at radius 2 is 1.38 bits per heavy atom. The molecule has 6 nitrogen and oxygen atoms in total. The first-order valence-corrected chi connectivity index (χ1v) is 8.38. The molecule has 128 valence electrons. The number of benzene rings is 1. The molecule has 0 saturated carbocycles. The number of hydrogen-bond donors (Lipinski definition) is 2. The summed E-state index contributed by atoms with van der Waals surface area (Å²) in [5, 5.41) is 20.8. The molecule has 0 unspecified atom stereocenters. The van der Waals surface area contributed by atoms with Crippen molar-refractivity contribution >= 4 is 22.6 Å². The zero-order valence-corrected chi connectivity index (χ0v) is 14.0. The fraction of sp³-hybridized carbons (Fsp3) is 0.444. The van der Waals surface area contributed by atoms with Gasteiger partial charge < -0.3 is 10.2 Å². The van der Waals surface area contributed by atoms with Gasteiger partial charge in [0.25, 0.3) is 11.8 Å². The lowest BCUT2D eigenvalue weighted by atomic mass is 10.1. The SMILES string of the molecule is CCCCCCCN1C(=O)c2cc3c(O)n(C)c(O)c3cc2C1=O. The molecule has 1 aliphatic heterocycles. The minimum Gasteiger partial charge on any atom is -0.494 e. The summed E-state index contributed by atoms with van der Waals surface area (Å²) in [7, 11) is 1.52. The average Bonchev–Trinajstić information content (AvgIpc) is 2.94. The Morgan fingerprint density at radius 1 is 0.875 bits per heavy atom. The van der Waals surface area contributed by atoms with Gasteiger partial charge in [-0.1, -0.05) is 32.6 Å². The Hall–Kier alpha value is -2.50. The van der Waals surface area contributed by atoms with E-state index >= 15 is 0 Å². The highest BCUT2D eigenvalue weighted by Crippen LogP contribution is 2.38. The summed E-state index contributed by atoms with van der Waals surface area (Å²) in [4.78, 5) is 26.3. The van der Waals surface area contributed by atoms with Crippen LogP contribution in [0.25, 0.3) is 10.8 Å². The Labute approximate surface area is 140 Å². The molecule has 0 saturated heterocycles. The lowest BCUT2D eigenvalue weighted by molar-refractivity contribution is 0.0651. The van der Waals surface area contributed by atoms with Gasteiger partial charge in [0.2, 0.25) is 11.8 Å². The molecule has 6 heteroatoms. The maximum absolute atomic E-state index is 12.5. The molecule has 2 heterocycles. The highest BCUT2D eigenvalue weighted by Gasteiger charge is 2.36. The van der Waals surface area contributed by atoms with Gasteiger partial charge in [0, 0.05) is 24.4 Å². The number of unbranched alkanes of at least 4 members (excludes halogenated alkanes) is 4. The van der Waals surface area contributed by atoms with Crippen molar-refractivity contribution in [2.75, 3.05) is 6.54 Å². The molecule has 1 aliphatic rings. The van der Waals surface area contributed by atoms with Crippen molar-refractivity contribution in [1.29, 1.82) is 0 Å². The van der Waals surface area contributed by atoms with Crippen molar-refractivity contribution in [2.45, 2.75) is 39.0 Å². The van der Waals surface area contributed by atoms with Crippen molar-refractivity contribution in [3.63, 3.8) is 0 Å². The fourth-order valence-corrected chi connectivity index (χ4v) is 3.24. The molecule has 24 heavy (non-hydrogen) atoms. The second-order valence-corrected chi connectivity index (χ2v) is 6.33. The number of aromatic nitrogens is 1. The number of fused-ring (bicyclic) bond motifs is 2. The van der Waals surface area contributed by atoms with Gasteiger partial charge in [0.05, 0.1) is 11.1 Å². The van der Waals surface area contributed by atoms with Gasteiger partial charge in [-0.15, -0.1) is 0 Å². The van der Waals surface area contributed by atoms with Crippen molar-refractivity contribution < 1.29 is 19.8 Å². The quantitative estimate of drug-likeness (QED) is 0.629. The van der Waals surface area contributed by atoms with Crippen LogP contribution < -0.4 is 0 Å². The van der Waals surface area contributed by atoms with Crippen LogP contribution in [0.15, 0.2) is 12.1 Å². The van der Waals surface area contributed by atoms with Gasteiger partial charge in [-0.05, 0) is 18.6 Å². The molecule has 3 rings (SSSR count). The smallest absolute Gasteiger partial charge is 0.261 e. The molecular formula is C18H22N2O4. The number of carbonyl (C=O) groups is 2. The molecule has 0 aliphatic carbocycles. The normalized spacial score (nSPS) is 14.0. The first-order chi connectivity index (χ1) is 11.5. The molecule has 0 spiro atoms. The molecule has 0 fully saturated rings. The lowest BCUT2D eigenvalue weighted by Gasteiger charge is -2.13. The largest absolute Gasteiger partial charge is 0.494 e. The van der Waals surface area contributed by atoms with E-state index in [-0.39, 0.29) is 23.6 Å². The maximum atomic E-state index is 12.5. The molecule has 0 bridgehead atoms. The van der Waals surface area contributed by atoms with Crippen LogP contribution >= 0.6 is 0 Å². The summed E-state index contributed by atoms with van der Waals surface area (Å²) >= 11 is 0. The highest BCUT2D eigenvalue weighted by molar-refractivity contribution is 6.23. The summed E-state index contributed by atoms with van der Waals surface area (Å²) < 4.78 is 1.22. The summed E-state index contributed by atoms with van der Waals surface area (Å²) in [5.41, 5.74) is 0.587. The Bertz CT molecular complexity index is 763. The number of carbonyl (C=O) groups excluding carboxylic acids is 2. The number of rotatable bonds is 6. The van der Waals surface area contributed by atoms with Crippen LogP contribution in [-0.2, 0) is 7.05 Å². The lowest BCUT2D eigenvalue weighted by Crippen LogP contribution is -2.30. The standard InChI is InChI=1S/C18H22N2O4/c1-3-4-5-6-7-8-20-17(23)13-9-11-12(10-14(13)18(20)24)16(22)19(2)15(11)21/h9-10,21-22H,3-8H2,1-2H3. The van der Waals surface area contributed by atoms with Crippen LogP contribution in [-0.4, -0.2) is 38.0 Å². The molecule has 2 N–H and O–H groups in total. The number of hydrogen-bond acceptors (Lipinski definition) is 4. The molecular weight excluding hydrogens is 308 g/mol. The number of imide groups is 1. The predicted molar refractivity (Wildman–Crippen MR) is 90.4 cm³/mol. The summed E-state index contributed by atoms with van der Waals surface area (Å²) in [5.74, 6) is -0.891. The van der Waals surface area contributed by atoms with E-state index in [9.17, 15) is 19.8 Å². The van der Waals surface area contributed by atoms with Crippen LogP contribution in [0.3, 0.4) is 0 Å². The Kier molecular flexibility index (Phi) is 4.22. The minimum absolute atomic E-state index is 0.122. The molecule has 1 aromatic carbocycles. The Balaban J connectivity index is 1.86. The third kappa shape index (κ3) is 2.42. The molecule has 1 aromatic heterocycles. The molecule has 0 atom stereocenters. The summed E-state index contributed by atoms with van der Waals surface area (Å²) in [6.45, 7) is 2.55. The first kappa shape index (κ1) is 16.4. The number of aromatic hydroxyl groups is 2. The van der Waals surface area contributed by atoms with E-state index in [1.54, 1.807) is 0 Å². The predicted octanol–water partition coefficient (Wildman–Crippen LogP) is 3.16. The first-order valence-electron chi connectivity index (χ1n) is 8.38. The maximum Gasteiger partial charge on any atom is 0.261 e. The van der Waals surface area contributed by atoms with Crippen molar-refractivity contribution in [3.8, 4) is 11.8 Å². The van der Waals surface area contributed by atoms with Gasteiger partial charge in [-0.25, -0.2) is 0 Å². The summed E-state index contributed by atoms with van der Waals surface area (Å²) in [6.07, 6.45) is 5.19. The zero-order valence-electron chi connectivity index (χ0n) is 14.0. The molecule has 2 aromatic rings. The van der Waals surface area contributed by atoms with E-state index in [0.29, 0.717) is 28.4 Å². The van der Waals surface area contributed by atoms with Crippen LogP contribution in [0.1, 0.15) is 59.7 Å². The van der Waals surface area contributed by atoms with Gasteiger partial charge in [-0.3, -0.25) is 19.1 Å². The van der Waals surface area contributed by atoms with E-state index in [0.717, 1.165) is 32.1 Å².